The van der Waals surface area contributed by atoms with Crippen molar-refractivity contribution in [1.29, 1.82) is 0 Å². The van der Waals surface area contributed by atoms with Crippen molar-refractivity contribution in [2.75, 3.05) is 32.7 Å². The molecule has 0 atom stereocenters. The average molecular weight is 753 g/mol. The normalized spacial score (nSPS) is 14.7. The molecule has 0 spiro atoms. The molecule has 3 rings (SSSR count). The summed E-state index contributed by atoms with van der Waals surface area (Å²) in [6, 6.07) is 6.82. The maximum Gasteiger partial charge on any atom is 0.317 e. The molecule has 2 aromatic rings. The summed E-state index contributed by atoms with van der Waals surface area (Å²) in [7, 11) is -5.18. The van der Waals surface area contributed by atoms with E-state index in [4.69, 9.17) is 0 Å². The molecule has 0 bridgehead atoms. The first-order chi connectivity index (χ1) is 24.5. The van der Waals surface area contributed by atoms with Crippen LogP contribution in [0.15, 0.2) is 63.6 Å². The van der Waals surface area contributed by atoms with Crippen molar-refractivity contribution < 1.29 is 62.5 Å². The van der Waals surface area contributed by atoms with Gasteiger partial charge in [-0.25, -0.2) is 8.42 Å². The van der Waals surface area contributed by atoms with E-state index >= 15 is 0 Å². The molecule has 1 aliphatic carbocycles. The molecule has 0 unspecified atom stereocenters. The summed E-state index contributed by atoms with van der Waals surface area (Å²) in [4.78, 5) is 61.6. The lowest BCUT2D eigenvalue weighted by atomic mass is 9.77. The Labute approximate surface area is 306 Å². The number of ketones is 1. The maximum atomic E-state index is 14.0. The molecule has 53 heavy (non-hydrogen) atoms. The molecule has 0 aliphatic heterocycles. The topological polar surface area (TPSA) is 259 Å². The third-order valence-corrected chi connectivity index (χ3v) is 9.69. The van der Waals surface area contributed by atoms with Crippen LogP contribution in [0.4, 0.5) is 0 Å². The van der Waals surface area contributed by atoms with Gasteiger partial charge in [0.05, 0.1) is 29.3 Å². The number of phenols is 1. The molecule has 16 heteroatoms. The van der Waals surface area contributed by atoms with Gasteiger partial charge in [0.25, 0.3) is 0 Å². The van der Waals surface area contributed by atoms with Gasteiger partial charge < -0.3 is 44.5 Å². The van der Waals surface area contributed by atoms with Crippen molar-refractivity contribution in [2.45, 2.75) is 58.9 Å². The molecule has 0 amide bonds. The maximum absolute atomic E-state index is 14.0. The van der Waals surface area contributed by atoms with Crippen LogP contribution in [0.2, 0.25) is 0 Å². The predicted molar refractivity (Wildman–Crippen MR) is 182 cm³/mol. The Bertz CT molecular complexity index is 2010. The quantitative estimate of drug-likeness (QED) is 0.192. The van der Waals surface area contributed by atoms with Gasteiger partial charge in [0.1, 0.15) is 15.9 Å². The van der Waals surface area contributed by atoms with Crippen molar-refractivity contribution in [1.82, 2.24) is 9.80 Å². The van der Waals surface area contributed by atoms with E-state index < -0.39 is 95.8 Å². The molecule has 286 valence electrons. The van der Waals surface area contributed by atoms with Gasteiger partial charge in [0.2, 0.25) is 0 Å². The van der Waals surface area contributed by atoms with Crippen LogP contribution in [0.25, 0.3) is 5.57 Å². The second kappa shape index (κ2) is 17.1. The zero-order valence-electron chi connectivity index (χ0n) is 30.0. The van der Waals surface area contributed by atoms with Gasteiger partial charge >= 0.3 is 5.97 Å². The van der Waals surface area contributed by atoms with E-state index in [9.17, 15) is 62.5 Å². The number of carboxylic acids is 4. The number of aromatic hydroxyl groups is 1. The molecular formula is C37H40N2O13S-4. The Morgan fingerprint density at radius 2 is 1.34 bits per heavy atom. The van der Waals surface area contributed by atoms with E-state index in [0.717, 1.165) is 15.9 Å². The summed E-state index contributed by atoms with van der Waals surface area (Å²) in [6.07, 6.45) is 1.51. The summed E-state index contributed by atoms with van der Waals surface area (Å²) in [5, 5.41) is 55.7. The van der Waals surface area contributed by atoms with Gasteiger partial charge in [0, 0.05) is 55.0 Å². The Hall–Kier alpha value is -5.16. The summed E-state index contributed by atoms with van der Waals surface area (Å²) in [5.41, 5.74) is 1.35. The van der Waals surface area contributed by atoms with Crippen molar-refractivity contribution in [3.63, 3.8) is 0 Å². The van der Waals surface area contributed by atoms with Gasteiger partial charge in [-0.15, -0.1) is 0 Å². The number of hydrogen-bond donors (Lipinski definition) is 2. The highest BCUT2D eigenvalue weighted by Gasteiger charge is 2.32. The van der Waals surface area contributed by atoms with Gasteiger partial charge in [0.15, 0.2) is 5.78 Å². The van der Waals surface area contributed by atoms with Gasteiger partial charge in [-0.1, -0.05) is 45.9 Å². The largest absolute Gasteiger partial charge is 0.744 e. The number of hydrogen-bond acceptors (Lipinski definition) is 14. The highest BCUT2D eigenvalue weighted by atomic mass is 32.2. The Morgan fingerprint density at radius 3 is 1.81 bits per heavy atom. The number of nitrogens with zero attached hydrogens (tertiary/aromatic N) is 2. The number of benzene rings is 2. The fraction of sp³-hybridized carbons (Fsp3) is 0.378. The van der Waals surface area contributed by atoms with Crippen molar-refractivity contribution in [2.24, 2.45) is 5.92 Å². The first kappa shape index (κ1) is 42.3. The van der Waals surface area contributed by atoms with E-state index in [1.807, 2.05) is 0 Å². The van der Waals surface area contributed by atoms with Crippen LogP contribution >= 0.6 is 0 Å². The second-order valence-electron chi connectivity index (χ2n) is 13.3. The third kappa shape index (κ3) is 10.3. The molecule has 1 aliphatic rings. The van der Waals surface area contributed by atoms with E-state index in [0.29, 0.717) is 5.56 Å². The molecule has 0 aromatic heterocycles. The van der Waals surface area contributed by atoms with Crippen LogP contribution in [0.3, 0.4) is 0 Å². The molecule has 0 fully saturated rings. The highest BCUT2D eigenvalue weighted by molar-refractivity contribution is 7.85. The minimum atomic E-state index is -5.18. The smallest absolute Gasteiger partial charge is 0.317 e. The van der Waals surface area contributed by atoms with Crippen LogP contribution in [-0.4, -0.2) is 95.4 Å². The fourth-order valence-electron chi connectivity index (χ4n) is 6.30. The summed E-state index contributed by atoms with van der Waals surface area (Å²) < 4.78 is 38.3. The molecule has 0 saturated heterocycles. The minimum Gasteiger partial charge on any atom is -0.744 e. The van der Waals surface area contributed by atoms with Crippen molar-refractivity contribution >= 4 is 45.4 Å². The van der Waals surface area contributed by atoms with Crippen LogP contribution in [-0.2, 0) is 40.6 Å². The van der Waals surface area contributed by atoms with E-state index in [2.05, 4.69) is 0 Å². The van der Waals surface area contributed by atoms with E-state index in [1.165, 1.54) is 38.1 Å². The predicted octanol–water partition coefficient (Wildman–Crippen LogP) is -0.550. The minimum absolute atomic E-state index is 0.0315. The van der Waals surface area contributed by atoms with Gasteiger partial charge in [-0.05, 0) is 77.3 Å². The zero-order chi connectivity index (χ0) is 40.1. The third-order valence-electron chi connectivity index (χ3n) is 8.80. The lowest BCUT2D eigenvalue weighted by Gasteiger charge is -2.31. The molecule has 2 N–H and O–H groups in total. The molecule has 15 nitrogen and oxygen atoms in total. The Morgan fingerprint density at radius 1 is 0.811 bits per heavy atom. The lowest BCUT2D eigenvalue weighted by molar-refractivity contribution is -0.311. The number of carbonyl (C=O) groups is 5. The molecular weight excluding hydrogens is 712 g/mol. The SMILES string of the molecule is CC1=C(CN(CC(=O)[O-])CC(=O)[O-])C(=O)C(C(C)C)=C/C1=C(/c1ccccc1S(=O)(=O)[O-])c1cc(C(C)C)c(O)c(CN(CC(=O)[O-])CC(=O)O)c1C. The number of aliphatic carboxylic acids is 4. The average Bonchev–Trinajstić information content (AvgIpc) is 3.01. The lowest BCUT2D eigenvalue weighted by Crippen LogP contribution is -2.45. The first-order valence-corrected chi connectivity index (χ1v) is 17.8. The van der Waals surface area contributed by atoms with Gasteiger partial charge in [-0.2, -0.15) is 0 Å². The van der Waals surface area contributed by atoms with Crippen LogP contribution in [0.5, 0.6) is 5.75 Å². The number of carboxylic acid groups (broad SMARTS) is 4. The molecule has 0 radical (unpaired) electrons. The van der Waals surface area contributed by atoms with Gasteiger partial charge in [-0.3, -0.25) is 19.4 Å². The monoisotopic (exact) mass is 752 g/mol. The van der Waals surface area contributed by atoms with Crippen LogP contribution in [0, 0.1) is 12.8 Å². The van der Waals surface area contributed by atoms with Crippen LogP contribution in [0.1, 0.15) is 68.4 Å². The molecule has 0 saturated carbocycles. The van der Waals surface area contributed by atoms with Crippen molar-refractivity contribution in [3.05, 3.63) is 86.5 Å². The number of phenolic OH excluding ortho intramolecular Hbond substituents is 1. The Balaban J connectivity index is 2.64. The summed E-state index contributed by atoms with van der Waals surface area (Å²) >= 11 is 0. The first-order valence-electron chi connectivity index (χ1n) is 16.4. The standard InChI is InChI=1S/C37H44N2O13S/c1-19(2)24-11-26(21(5)28(36(24)48)13-38(15-31(40)41)16-32(42)43)35(23-9-7-8-10-30(23)53(50,51)52)27-12-25(20(3)4)37(49)29(22(27)6)14-39(17-33(44)45)18-34(46)47/h7-12,19-20,48H,13-18H2,1-6H3,(H,40,41)(H,42,43)(H,44,45)(H,46,47)(H,50,51,52)/p-4/b35-27+. The molecule has 2 aromatic carbocycles. The summed E-state index contributed by atoms with van der Waals surface area (Å²) in [5.74, 6) is -7.91. The summed E-state index contributed by atoms with van der Waals surface area (Å²) in [6.45, 7) is 5.66. The number of rotatable bonds is 17. The number of allylic oxidation sites excluding steroid dienone is 4. The number of Topliss-reactive ketones (excluding diaryl/α,β-unsaturated/α-hetero) is 1. The van der Waals surface area contributed by atoms with E-state index in [-0.39, 0.29) is 55.9 Å². The fourth-order valence-corrected chi connectivity index (χ4v) is 6.99. The molecule has 0 heterocycles. The zero-order valence-corrected chi connectivity index (χ0v) is 30.9. The van der Waals surface area contributed by atoms with Crippen molar-refractivity contribution in [3.8, 4) is 5.75 Å². The second-order valence-corrected chi connectivity index (χ2v) is 14.7. The highest BCUT2D eigenvalue weighted by Crippen LogP contribution is 2.44. The van der Waals surface area contributed by atoms with Crippen LogP contribution < -0.4 is 15.3 Å². The number of carbonyl (C=O) groups excluding carboxylic acids is 4. The van der Waals surface area contributed by atoms with E-state index in [1.54, 1.807) is 33.8 Å². The Kier molecular flexibility index (Phi) is 13.6.